The van der Waals surface area contributed by atoms with Gasteiger partial charge in [0.05, 0.1) is 35.1 Å². The third-order valence-corrected chi connectivity index (χ3v) is 11.3. The van der Waals surface area contributed by atoms with Crippen molar-refractivity contribution in [1.82, 2.24) is 0 Å². The van der Waals surface area contributed by atoms with E-state index in [0.29, 0.717) is 37.7 Å². The summed E-state index contributed by atoms with van der Waals surface area (Å²) in [4.78, 5) is 13.3. The van der Waals surface area contributed by atoms with Crippen molar-refractivity contribution < 1.29 is 35.4 Å². The minimum Gasteiger partial charge on any atom is -0.390 e. The Kier molecular flexibility index (Phi) is 6.48. The van der Waals surface area contributed by atoms with E-state index < -0.39 is 51.9 Å². The minimum atomic E-state index is -1.48. The number of rotatable bonds is 5. The SMILES string of the molecule is C[C@H](C[C@H](O)[C@](C)(O)[C@H]1CC[C@@]2(O)C3=CC(=O)[C@@H]4C[C@@H](O)[C@@H](O)C[C@]4(C)[C@H]3CC[C@]12C)C(C)(C)O. The molecule has 6 N–H and O–H groups in total. The number of aliphatic hydroxyl groups excluding tert-OH is 3. The fourth-order valence-electron chi connectivity index (χ4n) is 8.40. The number of ketones is 1. The van der Waals surface area contributed by atoms with Gasteiger partial charge in [-0.25, -0.2) is 0 Å². The molecular formula is C28H46O7. The van der Waals surface area contributed by atoms with E-state index >= 15 is 0 Å². The van der Waals surface area contributed by atoms with Gasteiger partial charge in [0.25, 0.3) is 0 Å². The Morgan fingerprint density at radius 3 is 2.29 bits per heavy atom. The van der Waals surface area contributed by atoms with Gasteiger partial charge < -0.3 is 30.6 Å². The molecule has 200 valence electrons. The van der Waals surface area contributed by atoms with Crippen LogP contribution in [0.5, 0.6) is 0 Å². The van der Waals surface area contributed by atoms with Crippen molar-refractivity contribution in [2.75, 3.05) is 0 Å². The summed E-state index contributed by atoms with van der Waals surface area (Å²) in [7, 11) is 0. The smallest absolute Gasteiger partial charge is 0.159 e. The van der Waals surface area contributed by atoms with E-state index in [4.69, 9.17) is 0 Å². The zero-order chi connectivity index (χ0) is 26.4. The molecule has 0 aromatic carbocycles. The molecule has 0 unspecified atom stereocenters. The van der Waals surface area contributed by atoms with Gasteiger partial charge in [-0.15, -0.1) is 0 Å². The molecule has 7 heteroatoms. The van der Waals surface area contributed by atoms with Crippen LogP contribution in [0.25, 0.3) is 0 Å². The van der Waals surface area contributed by atoms with Crippen LogP contribution in [0.4, 0.5) is 0 Å². The quantitative estimate of drug-likeness (QED) is 0.344. The minimum absolute atomic E-state index is 0.0887. The summed E-state index contributed by atoms with van der Waals surface area (Å²) >= 11 is 0. The summed E-state index contributed by atoms with van der Waals surface area (Å²) in [6, 6.07) is 0. The Hall–Kier alpha value is -0.830. The molecule has 4 rings (SSSR count). The van der Waals surface area contributed by atoms with Crippen molar-refractivity contribution in [1.29, 1.82) is 0 Å². The number of fused-ring (bicyclic) bond motifs is 5. The Labute approximate surface area is 209 Å². The summed E-state index contributed by atoms with van der Waals surface area (Å²) in [5.41, 5.74) is -4.35. The normalized spacial score (nSPS) is 47.1. The van der Waals surface area contributed by atoms with Gasteiger partial charge in [-0.3, -0.25) is 4.79 Å². The van der Waals surface area contributed by atoms with Gasteiger partial charge in [0.1, 0.15) is 0 Å². The number of hydrogen-bond donors (Lipinski definition) is 6. The van der Waals surface area contributed by atoms with Gasteiger partial charge in [0.15, 0.2) is 5.78 Å². The Morgan fingerprint density at radius 2 is 1.69 bits per heavy atom. The first-order valence-corrected chi connectivity index (χ1v) is 13.4. The van der Waals surface area contributed by atoms with Crippen molar-refractivity contribution in [3.63, 3.8) is 0 Å². The molecule has 0 amide bonds. The van der Waals surface area contributed by atoms with E-state index in [1.165, 1.54) is 0 Å². The average Bonchev–Trinajstić information content (AvgIpc) is 3.01. The summed E-state index contributed by atoms with van der Waals surface area (Å²) in [6.07, 6.45) is 1.71. The lowest BCUT2D eigenvalue weighted by molar-refractivity contribution is -0.179. The molecule has 3 saturated carbocycles. The topological polar surface area (TPSA) is 138 Å². The molecule has 11 atom stereocenters. The summed E-state index contributed by atoms with van der Waals surface area (Å²) in [5.74, 6) is -1.21. The summed E-state index contributed by atoms with van der Waals surface area (Å²) in [6.45, 7) is 10.9. The Bertz CT molecular complexity index is 890. The van der Waals surface area contributed by atoms with Gasteiger partial charge in [-0.2, -0.15) is 0 Å². The fraction of sp³-hybridized carbons (Fsp3) is 0.893. The van der Waals surface area contributed by atoms with Crippen LogP contribution in [-0.4, -0.2) is 71.5 Å². The Morgan fingerprint density at radius 1 is 1.06 bits per heavy atom. The molecule has 0 saturated heterocycles. The highest BCUT2D eigenvalue weighted by Crippen LogP contribution is 2.68. The first kappa shape index (κ1) is 27.2. The lowest BCUT2D eigenvalue weighted by Gasteiger charge is -2.60. The number of allylic oxidation sites excluding steroid dienone is 1. The molecule has 7 nitrogen and oxygen atoms in total. The van der Waals surface area contributed by atoms with E-state index in [2.05, 4.69) is 0 Å². The average molecular weight is 495 g/mol. The van der Waals surface area contributed by atoms with Crippen LogP contribution in [0.3, 0.4) is 0 Å². The van der Waals surface area contributed by atoms with Crippen LogP contribution in [0, 0.1) is 34.5 Å². The van der Waals surface area contributed by atoms with Gasteiger partial charge in [0.2, 0.25) is 0 Å². The maximum atomic E-state index is 13.3. The zero-order valence-electron chi connectivity index (χ0n) is 22.2. The van der Waals surface area contributed by atoms with E-state index in [9.17, 15) is 35.4 Å². The maximum absolute atomic E-state index is 13.3. The van der Waals surface area contributed by atoms with Crippen molar-refractivity contribution in [3.05, 3.63) is 11.6 Å². The number of carbonyl (C=O) groups excluding carboxylic acids is 1. The van der Waals surface area contributed by atoms with Gasteiger partial charge in [0, 0.05) is 11.3 Å². The first-order valence-electron chi connectivity index (χ1n) is 13.4. The number of carbonyl (C=O) groups is 1. The second-order valence-electron chi connectivity index (χ2n) is 13.6. The number of hydrogen-bond acceptors (Lipinski definition) is 7. The third-order valence-electron chi connectivity index (χ3n) is 11.3. The van der Waals surface area contributed by atoms with Crippen molar-refractivity contribution in [3.8, 4) is 0 Å². The largest absolute Gasteiger partial charge is 0.390 e. The van der Waals surface area contributed by atoms with Crippen molar-refractivity contribution in [2.45, 2.75) is 122 Å². The lowest BCUT2D eigenvalue weighted by Crippen LogP contribution is -2.63. The molecule has 4 aliphatic carbocycles. The van der Waals surface area contributed by atoms with Crippen molar-refractivity contribution >= 4 is 5.78 Å². The second-order valence-corrected chi connectivity index (χ2v) is 13.6. The predicted molar refractivity (Wildman–Crippen MR) is 131 cm³/mol. The molecule has 0 aromatic heterocycles. The van der Waals surface area contributed by atoms with Crippen LogP contribution >= 0.6 is 0 Å². The fourth-order valence-corrected chi connectivity index (χ4v) is 8.40. The zero-order valence-corrected chi connectivity index (χ0v) is 22.2. The van der Waals surface area contributed by atoms with Crippen LogP contribution in [0.2, 0.25) is 0 Å². The highest BCUT2D eigenvalue weighted by molar-refractivity contribution is 5.95. The molecule has 0 bridgehead atoms. The van der Waals surface area contributed by atoms with Gasteiger partial charge >= 0.3 is 0 Å². The molecule has 35 heavy (non-hydrogen) atoms. The first-order chi connectivity index (χ1) is 15.9. The van der Waals surface area contributed by atoms with E-state index in [1.54, 1.807) is 26.8 Å². The molecule has 0 radical (unpaired) electrons. The van der Waals surface area contributed by atoms with Crippen molar-refractivity contribution in [2.24, 2.45) is 34.5 Å². The Balaban J connectivity index is 1.67. The van der Waals surface area contributed by atoms with E-state index in [1.807, 2.05) is 20.8 Å². The predicted octanol–water partition coefficient (Wildman–Crippen LogP) is 2.10. The highest BCUT2D eigenvalue weighted by Gasteiger charge is 2.69. The molecule has 0 aromatic rings. The summed E-state index contributed by atoms with van der Waals surface area (Å²) in [5, 5.41) is 66.1. The molecule has 3 fully saturated rings. The highest BCUT2D eigenvalue weighted by atomic mass is 16.3. The second kappa shape index (κ2) is 8.34. The van der Waals surface area contributed by atoms with Crippen LogP contribution in [0.15, 0.2) is 11.6 Å². The van der Waals surface area contributed by atoms with Crippen LogP contribution in [-0.2, 0) is 4.79 Å². The van der Waals surface area contributed by atoms with E-state index in [0.717, 1.165) is 0 Å². The molecular weight excluding hydrogens is 448 g/mol. The molecule has 0 heterocycles. The standard InChI is InChI=1S/C28H46O7/c1-15(24(2,3)33)11-23(32)27(6,34)22-8-10-28(35)17-12-19(29)18-13-20(30)21(31)14-25(18,4)16(17)7-9-26(22,28)5/h12,15-16,18,20-23,30-35H,7-11,13-14H2,1-6H3/t15-,16+,18+,20-,21+,22+,23+,25-,26-,27-,28-/m1/s1. The van der Waals surface area contributed by atoms with Crippen LogP contribution in [0.1, 0.15) is 86.5 Å². The van der Waals surface area contributed by atoms with E-state index in [-0.39, 0.29) is 36.4 Å². The van der Waals surface area contributed by atoms with Crippen LogP contribution < -0.4 is 0 Å². The maximum Gasteiger partial charge on any atom is 0.159 e. The van der Waals surface area contributed by atoms with Gasteiger partial charge in [-0.1, -0.05) is 20.8 Å². The van der Waals surface area contributed by atoms with Gasteiger partial charge in [-0.05, 0) is 101 Å². The lowest BCUT2D eigenvalue weighted by atomic mass is 9.45. The number of aliphatic hydroxyl groups is 6. The summed E-state index contributed by atoms with van der Waals surface area (Å²) < 4.78 is 0. The molecule has 0 aliphatic heterocycles. The molecule has 0 spiro atoms. The third kappa shape index (κ3) is 3.88. The monoisotopic (exact) mass is 494 g/mol. The molecule has 4 aliphatic rings.